The molecule has 2 heteroatoms. The minimum absolute atomic E-state index is 0.689. The molecule has 1 aromatic rings. The van der Waals surface area contributed by atoms with E-state index in [1.807, 2.05) is 0 Å². The Morgan fingerprint density at radius 1 is 1.50 bits per heavy atom. The number of rotatable bonds is 2. The Hall–Kier alpha value is -0.250. The summed E-state index contributed by atoms with van der Waals surface area (Å²) in [5.74, 6) is 0.689. The maximum atomic E-state index is 3.45. The molecule has 1 nitrogen and oxygen atoms in total. The highest BCUT2D eigenvalue weighted by Gasteiger charge is 2.15. The van der Waals surface area contributed by atoms with Crippen molar-refractivity contribution >= 4 is 28.3 Å². The summed E-state index contributed by atoms with van der Waals surface area (Å²) in [7, 11) is 0. The molecule has 14 heavy (non-hydrogen) atoms. The van der Waals surface area contributed by atoms with Gasteiger partial charge in [-0.3, -0.25) is 0 Å². The monoisotopic (exact) mass is 301 g/mol. The van der Waals surface area contributed by atoms with Crippen LogP contribution in [0.4, 0.5) is 5.69 Å². The van der Waals surface area contributed by atoms with Gasteiger partial charge in [0.1, 0.15) is 0 Å². The van der Waals surface area contributed by atoms with Gasteiger partial charge in [-0.1, -0.05) is 19.9 Å². The molecule has 1 aliphatic heterocycles. The van der Waals surface area contributed by atoms with E-state index in [4.69, 9.17) is 0 Å². The van der Waals surface area contributed by atoms with E-state index in [9.17, 15) is 0 Å². The average Bonchev–Trinajstić information content (AvgIpc) is 2.64. The van der Waals surface area contributed by atoms with Crippen molar-refractivity contribution < 1.29 is 0 Å². The molecule has 0 spiro atoms. The molecule has 0 saturated carbocycles. The minimum atomic E-state index is 0.689. The van der Waals surface area contributed by atoms with Crippen molar-refractivity contribution in [3.8, 4) is 0 Å². The normalized spacial score (nSPS) is 16.2. The van der Waals surface area contributed by atoms with Crippen LogP contribution in [0.15, 0.2) is 12.1 Å². The Kier molecular flexibility index (Phi) is 3.00. The van der Waals surface area contributed by atoms with Crippen LogP contribution in [0.1, 0.15) is 37.3 Å². The summed E-state index contributed by atoms with van der Waals surface area (Å²) in [6.07, 6.45) is 2.41. The second kappa shape index (κ2) is 4.09. The average molecular weight is 301 g/mol. The van der Waals surface area contributed by atoms with Gasteiger partial charge in [0.05, 0.1) is 5.69 Å². The lowest BCUT2D eigenvalue weighted by molar-refractivity contribution is 0.732. The smallest absolute Gasteiger partial charge is 0.0509 e. The molecule has 0 radical (unpaired) electrons. The molecule has 0 saturated heterocycles. The molecule has 1 aromatic carbocycles. The number of halogens is 1. The van der Waals surface area contributed by atoms with Crippen molar-refractivity contribution in [1.82, 2.24) is 0 Å². The lowest BCUT2D eigenvalue weighted by Gasteiger charge is -2.12. The zero-order valence-electron chi connectivity index (χ0n) is 8.73. The van der Waals surface area contributed by atoms with Crippen LogP contribution in [0.2, 0.25) is 0 Å². The Labute approximate surface area is 99.4 Å². The summed E-state index contributed by atoms with van der Waals surface area (Å²) in [6.45, 7) is 5.67. The lowest BCUT2D eigenvalue weighted by atomic mass is 9.96. The van der Waals surface area contributed by atoms with Gasteiger partial charge in [-0.2, -0.15) is 0 Å². The first kappa shape index (κ1) is 10.3. The fourth-order valence-electron chi connectivity index (χ4n) is 1.92. The van der Waals surface area contributed by atoms with Crippen LogP contribution in [0.25, 0.3) is 0 Å². The quantitative estimate of drug-likeness (QED) is 0.820. The number of hydrogen-bond donors (Lipinski definition) is 1. The van der Waals surface area contributed by atoms with E-state index in [2.05, 4.69) is 53.9 Å². The van der Waals surface area contributed by atoms with Crippen LogP contribution in [0.5, 0.6) is 0 Å². The van der Waals surface area contributed by atoms with E-state index in [0.29, 0.717) is 5.92 Å². The SMILES string of the molecule is CCC(C)c1cc(I)c2c(c1)CCN2. The van der Waals surface area contributed by atoms with E-state index < -0.39 is 0 Å². The van der Waals surface area contributed by atoms with Gasteiger partial charge in [0.2, 0.25) is 0 Å². The Morgan fingerprint density at radius 2 is 2.29 bits per heavy atom. The molecular weight excluding hydrogens is 285 g/mol. The predicted molar refractivity (Wildman–Crippen MR) is 70.1 cm³/mol. The number of hydrogen-bond acceptors (Lipinski definition) is 1. The van der Waals surface area contributed by atoms with Crippen molar-refractivity contribution in [1.29, 1.82) is 0 Å². The summed E-state index contributed by atoms with van der Waals surface area (Å²) in [5, 5.41) is 3.45. The van der Waals surface area contributed by atoms with Gasteiger partial charge in [0.15, 0.2) is 0 Å². The van der Waals surface area contributed by atoms with Crippen molar-refractivity contribution in [2.24, 2.45) is 0 Å². The van der Waals surface area contributed by atoms with Gasteiger partial charge < -0.3 is 5.32 Å². The predicted octanol–water partition coefficient (Wildman–Crippen LogP) is 3.77. The first-order valence-corrected chi connectivity index (χ1v) is 6.36. The van der Waals surface area contributed by atoms with Gasteiger partial charge >= 0.3 is 0 Å². The Morgan fingerprint density at radius 3 is 3.00 bits per heavy atom. The largest absolute Gasteiger partial charge is 0.384 e. The first-order valence-electron chi connectivity index (χ1n) is 5.28. The van der Waals surface area contributed by atoms with E-state index >= 15 is 0 Å². The molecule has 0 fully saturated rings. The highest BCUT2D eigenvalue weighted by atomic mass is 127. The summed E-state index contributed by atoms with van der Waals surface area (Å²) in [4.78, 5) is 0. The van der Waals surface area contributed by atoms with E-state index in [1.165, 1.54) is 33.2 Å². The summed E-state index contributed by atoms with van der Waals surface area (Å²) < 4.78 is 1.38. The minimum Gasteiger partial charge on any atom is -0.384 e. The molecular formula is C12H16IN. The zero-order valence-corrected chi connectivity index (χ0v) is 10.9. The fraction of sp³-hybridized carbons (Fsp3) is 0.500. The molecule has 1 N–H and O–H groups in total. The highest BCUT2D eigenvalue weighted by Crippen LogP contribution is 2.32. The maximum Gasteiger partial charge on any atom is 0.0509 e. The molecule has 1 aliphatic rings. The summed E-state index contributed by atoms with van der Waals surface area (Å²) in [5.41, 5.74) is 4.38. The van der Waals surface area contributed by atoms with Crippen LogP contribution < -0.4 is 5.32 Å². The van der Waals surface area contributed by atoms with Gasteiger partial charge in [0.25, 0.3) is 0 Å². The summed E-state index contributed by atoms with van der Waals surface area (Å²) in [6, 6.07) is 4.71. The van der Waals surface area contributed by atoms with Crippen LogP contribution in [0, 0.1) is 3.57 Å². The molecule has 1 unspecified atom stereocenters. The van der Waals surface area contributed by atoms with Gasteiger partial charge in [-0.15, -0.1) is 0 Å². The highest BCUT2D eigenvalue weighted by molar-refractivity contribution is 14.1. The molecule has 0 aromatic heterocycles. The third kappa shape index (κ3) is 1.76. The van der Waals surface area contributed by atoms with Gasteiger partial charge in [0, 0.05) is 10.1 Å². The maximum absolute atomic E-state index is 3.45. The Bertz CT molecular complexity index is 346. The standard InChI is InChI=1S/C12H16IN/c1-3-8(2)10-6-9-4-5-14-12(9)11(13)7-10/h6-8,14H,3-5H2,1-2H3. The van der Waals surface area contributed by atoms with Crippen LogP contribution >= 0.6 is 22.6 Å². The lowest BCUT2D eigenvalue weighted by Crippen LogP contribution is -1.96. The topological polar surface area (TPSA) is 12.0 Å². The molecule has 0 bridgehead atoms. The number of fused-ring (bicyclic) bond motifs is 1. The molecule has 76 valence electrons. The third-order valence-corrected chi connectivity index (χ3v) is 3.92. The van der Waals surface area contributed by atoms with Crippen LogP contribution in [0.3, 0.4) is 0 Å². The first-order chi connectivity index (χ1) is 6.72. The van der Waals surface area contributed by atoms with Gasteiger partial charge in [-0.05, 0) is 58.5 Å². The molecule has 1 heterocycles. The van der Waals surface area contributed by atoms with Crippen molar-refractivity contribution in [3.05, 3.63) is 26.8 Å². The number of nitrogens with one attached hydrogen (secondary N) is 1. The zero-order chi connectivity index (χ0) is 10.1. The van der Waals surface area contributed by atoms with E-state index in [0.717, 1.165) is 6.54 Å². The number of benzene rings is 1. The second-order valence-electron chi connectivity index (χ2n) is 4.02. The second-order valence-corrected chi connectivity index (χ2v) is 5.19. The molecule has 1 atom stereocenters. The molecule has 0 amide bonds. The Balaban J connectivity index is 2.41. The third-order valence-electron chi connectivity index (χ3n) is 3.07. The van der Waals surface area contributed by atoms with E-state index in [1.54, 1.807) is 0 Å². The van der Waals surface area contributed by atoms with E-state index in [-0.39, 0.29) is 0 Å². The summed E-state index contributed by atoms with van der Waals surface area (Å²) >= 11 is 2.44. The van der Waals surface area contributed by atoms with Crippen LogP contribution in [-0.4, -0.2) is 6.54 Å². The van der Waals surface area contributed by atoms with Crippen molar-refractivity contribution in [2.45, 2.75) is 32.6 Å². The van der Waals surface area contributed by atoms with Crippen LogP contribution in [-0.2, 0) is 6.42 Å². The van der Waals surface area contributed by atoms with Crippen molar-refractivity contribution in [3.63, 3.8) is 0 Å². The van der Waals surface area contributed by atoms with Gasteiger partial charge in [-0.25, -0.2) is 0 Å². The fourth-order valence-corrected chi connectivity index (χ4v) is 2.82. The molecule has 2 rings (SSSR count). The molecule has 0 aliphatic carbocycles. The number of anilines is 1. The van der Waals surface area contributed by atoms with Crippen molar-refractivity contribution in [2.75, 3.05) is 11.9 Å².